The van der Waals surface area contributed by atoms with Crippen molar-refractivity contribution < 1.29 is 27.8 Å². The van der Waals surface area contributed by atoms with E-state index in [4.69, 9.17) is 21.1 Å². The Balaban J connectivity index is 1.29. The number of aryl methyl sites for hydroxylation is 1. The lowest BCUT2D eigenvalue weighted by atomic mass is 9.62. The third-order valence-corrected chi connectivity index (χ3v) is 14.6. The number of nitrogens with one attached hydrogen (secondary N) is 1. The van der Waals surface area contributed by atoms with E-state index >= 15 is 0 Å². The molecule has 268 valence electrons. The number of anilines is 1. The Hall–Kier alpha value is -2.37. The summed E-state index contributed by atoms with van der Waals surface area (Å²) in [6.07, 6.45) is 6.99. The first-order valence-corrected chi connectivity index (χ1v) is 20.2. The lowest BCUT2D eigenvalue weighted by Gasteiger charge is -2.52. The summed E-state index contributed by atoms with van der Waals surface area (Å²) in [5, 5.41) is 12.7. The molecule has 2 bridgehead atoms. The monoisotopic (exact) mass is 713 g/mol. The van der Waals surface area contributed by atoms with Gasteiger partial charge >= 0.3 is 0 Å². The summed E-state index contributed by atoms with van der Waals surface area (Å²) in [7, 11) is -3.94. The summed E-state index contributed by atoms with van der Waals surface area (Å²) in [5.41, 5.74) is 2.41. The van der Waals surface area contributed by atoms with Gasteiger partial charge in [0.05, 0.1) is 35.9 Å². The summed E-state index contributed by atoms with van der Waals surface area (Å²) < 4.78 is 41.8. The van der Waals surface area contributed by atoms with Crippen molar-refractivity contribution in [3.8, 4) is 5.75 Å². The van der Waals surface area contributed by atoms with Gasteiger partial charge in [0.1, 0.15) is 5.75 Å². The molecule has 9 nitrogen and oxygen atoms in total. The number of hydrogen-bond donors (Lipinski definition) is 2. The highest BCUT2D eigenvalue weighted by molar-refractivity contribution is 7.90. The smallest absolute Gasteiger partial charge is 0.264 e. The van der Waals surface area contributed by atoms with E-state index in [1.165, 1.54) is 11.1 Å². The van der Waals surface area contributed by atoms with Crippen molar-refractivity contribution in [2.24, 2.45) is 17.8 Å². The molecule has 11 heteroatoms. The van der Waals surface area contributed by atoms with Gasteiger partial charge in [0.15, 0.2) is 0 Å². The number of β-amino-alcohol motifs (C(OH)–C–C–N with tert-alkyl or cyclic N) is 1. The van der Waals surface area contributed by atoms with E-state index in [2.05, 4.69) is 33.6 Å². The van der Waals surface area contributed by atoms with Crippen molar-refractivity contribution in [2.75, 3.05) is 50.8 Å². The van der Waals surface area contributed by atoms with Gasteiger partial charge in [-0.15, -0.1) is 0 Å². The predicted molar refractivity (Wildman–Crippen MR) is 192 cm³/mol. The zero-order chi connectivity index (χ0) is 34.6. The SMILES string of the molecule is C[C@@H]1[C@@H](C)CCC[C@@](O)(CN2CCO[C@@H](C)C2)[C@@H]2CC[C@H]2CN2C[C@@]3(CCCc4cc(Cl)ccc43)COc3ccc(cc32)C(=O)NS1(=O)=O. The molecule has 2 aliphatic carbocycles. The van der Waals surface area contributed by atoms with Gasteiger partial charge in [-0.2, -0.15) is 0 Å². The predicted octanol–water partition coefficient (Wildman–Crippen LogP) is 5.56. The molecule has 1 amide bonds. The van der Waals surface area contributed by atoms with Crippen molar-refractivity contribution in [1.82, 2.24) is 9.62 Å². The largest absolute Gasteiger partial charge is 0.490 e. The second-order valence-corrected chi connectivity index (χ2v) is 18.3. The normalized spacial score (nSPS) is 35.2. The summed E-state index contributed by atoms with van der Waals surface area (Å²) >= 11 is 6.46. The topological polar surface area (TPSA) is 108 Å². The van der Waals surface area contributed by atoms with E-state index in [-0.39, 0.29) is 34.8 Å². The van der Waals surface area contributed by atoms with Crippen LogP contribution in [-0.2, 0) is 26.6 Å². The van der Waals surface area contributed by atoms with E-state index in [1.807, 2.05) is 19.1 Å². The molecule has 0 radical (unpaired) electrons. The van der Waals surface area contributed by atoms with Crippen molar-refractivity contribution >= 4 is 33.2 Å². The Kier molecular flexibility index (Phi) is 9.76. The molecule has 5 aliphatic rings. The zero-order valence-electron chi connectivity index (χ0n) is 29.1. The van der Waals surface area contributed by atoms with Gasteiger partial charge in [0.25, 0.3) is 5.91 Å². The van der Waals surface area contributed by atoms with Gasteiger partial charge in [0.2, 0.25) is 10.0 Å². The van der Waals surface area contributed by atoms with E-state index in [9.17, 15) is 18.3 Å². The lowest BCUT2D eigenvalue weighted by molar-refractivity contribution is -0.121. The Morgan fingerprint density at radius 2 is 1.88 bits per heavy atom. The number of fused-ring (bicyclic) bond motifs is 4. The van der Waals surface area contributed by atoms with E-state index in [0.29, 0.717) is 57.9 Å². The minimum atomic E-state index is -3.94. The van der Waals surface area contributed by atoms with Crippen molar-refractivity contribution in [1.29, 1.82) is 0 Å². The number of amides is 1. The van der Waals surface area contributed by atoms with Crippen molar-refractivity contribution in [3.63, 3.8) is 0 Å². The first-order chi connectivity index (χ1) is 23.4. The molecular formula is C38H52ClN3O6S. The van der Waals surface area contributed by atoms with E-state index < -0.39 is 26.8 Å². The molecule has 1 saturated heterocycles. The molecule has 0 aromatic heterocycles. The number of aliphatic hydroxyl groups is 1. The van der Waals surface area contributed by atoms with Crippen LogP contribution in [0.4, 0.5) is 5.69 Å². The molecule has 2 aromatic carbocycles. The molecular weight excluding hydrogens is 662 g/mol. The number of sulfonamides is 1. The second-order valence-electron chi connectivity index (χ2n) is 15.8. The Labute approximate surface area is 296 Å². The molecule has 2 N–H and O–H groups in total. The highest BCUT2D eigenvalue weighted by atomic mass is 35.5. The van der Waals surface area contributed by atoms with Crippen LogP contribution in [0, 0.1) is 17.8 Å². The van der Waals surface area contributed by atoms with Gasteiger partial charge in [-0.25, -0.2) is 13.1 Å². The molecule has 7 rings (SSSR count). The van der Waals surface area contributed by atoms with Crippen molar-refractivity contribution in [2.45, 2.75) is 94.5 Å². The minimum Gasteiger partial charge on any atom is -0.490 e. The number of hydrogen-bond acceptors (Lipinski definition) is 8. The molecule has 7 atom stereocenters. The highest BCUT2D eigenvalue weighted by Gasteiger charge is 2.49. The van der Waals surface area contributed by atoms with Gasteiger partial charge in [0, 0.05) is 48.7 Å². The number of halogens is 1. The van der Waals surface area contributed by atoms with Crippen LogP contribution in [-0.4, -0.2) is 87.2 Å². The van der Waals surface area contributed by atoms with Crippen LogP contribution in [0.5, 0.6) is 5.75 Å². The summed E-state index contributed by atoms with van der Waals surface area (Å²) in [4.78, 5) is 18.3. The van der Waals surface area contributed by atoms with Crippen LogP contribution in [0.3, 0.4) is 0 Å². The van der Waals surface area contributed by atoms with Crippen LogP contribution < -0.4 is 14.4 Å². The molecule has 49 heavy (non-hydrogen) atoms. The number of carbonyl (C=O) groups is 1. The van der Waals surface area contributed by atoms with Crippen LogP contribution in [0.2, 0.25) is 5.02 Å². The highest BCUT2D eigenvalue weighted by Crippen LogP contribution is 2.49. The maximum atomic E-state index is 13.6. The Morgan fingerprint density at radius 1 is 1.04 bits per heavy atom. The Morgan fingerprint density at radius 3 is 2.65 bits per heavy atom. The fourth-order valence-corrected chi connectivity index (χ4v) is 10.9. The van der Waals surface area contributed by atoms with Crippen molar-refractivity contribution in [3.05, 3.63) is 58.1 Å². The molecule has 3 heterocycles. The number of carbonyl (C=O) groups excluding carboxylic acids is 1. The van der Waals surface area contributed by atoms with Gasteiger partial charge in [-0.3, -0.25) is 9.69 Å². The zero-order valence-corrected chi connectivity index (χ0v) is 30.7. The van der Waals surface area contributed by atoms with E-state index in [0.717, 1.165) is 55.9 Å². The quantitative estimate of drug-likeness (QED) is 0.417. The average Bonchev–Trinajstić information content (AvgIpc) is 3.18. The molecule has 0 unspecified atom stereocenters. The van der Waals surface area contributed by atoms with Crippen LogP contribution in [0.15, 0.2) is 36.4 Å². The molecule has 1 spiro atoms. The first kappa shape index (κ1) is 35.1. The lowest BCUT2D eigenvalue weighted by Crippen LogP contribution is -2.58. The Bertz CT molecular complexity index is 1670. The number of morpholine rings is 1. The fourth-order valence-electron chi connectivity index (χ4n) is 9.39. The standard InChI is InChI=1S/C38H52ClN3O6S/c1-25-6-4-15-38(44,23-41-16-17-47-26(2)20-41)33-11-8-30(33)21-42-22-37(14-5-7-28-18-31(39)10-12-32(28)37)24-48-35-13-9-29(19-34(35)42)36(43)40-49(45,46)27(25)3/h9-10,12-13,18-19,25-27,30,33,44H,4-8,11,14-17,20-24H2,1-3H3,(H,40,43)/t25-,26-,27+,30-,33+,37-,38+/m0/s1. The van der Waals surface area contributed by atoms with Gasteiger partial charge < -0.3 is 19.5 Å². The number of ether oxygens (including phenoxy) is 2. The summed E-state index contributed by atoms with van der Waals surface area (Å²) in [5.74, 6) is 0.225. The number of rotatable bonds is 2. The number of nitrogens with zero attached hydrogens (tertiary/aromatic N) is 2. The molecule has 1 saturated carbocycles. The van der Waals surface area contributed by atoms with E-state index in [1.54, 1.807) is 19.1 Å². The average molecular weight is 714 g/mol. The summed E-state index contributed by atoms with van der Waals surface area (Å²) in [6.45, 7) is 10.4. The second kappa shape index (κ2) is 13.6. The van der Waals surface area contributed by atoms with Gasteiger partial charge in [-0.05, 0) is 118 Å². The molecule has 2 aromatic rings. The van der Waals surface area contributed by atoms with Gasteiger partial charge in [-0.1, -0.05) is 31.0 Å². The maximum Gasteiger partial charge on any atom is 0.264 e. The van der Waals surface area contributed by atoms with Crippen LogP contribution in [0.1, 0.15) is 87.2 Å². The fraction of sp³-hybridized carbons (Fsp3) is 0.658. The third kappa shape index (κ3) is 6.97. The first-order valence-electron chi connectivity index (χ1n) is 18.3. The maximum absolute atomic E-state index is 13.6. The number of benzene rings is 2. The van der Waals surface area contributed by atoms with Crippen LogP contribution >= 0.6 is 11.6 Å². The van der Waals surface area contributed by atoms with Crippen LogP contribution in [0.25, 0.3) is 0 Å². The summed E-state index contributed by atoms with van der Waals surface area (Å²) in [6, 6.07) is 11.5. The molecule has 2 fully saturated rings. The third-order valence-electron chi connectivity index (χ3n) is 12.5. The minimum absolute atomic E-state index is 0.0996. The molecule has 3 aliphatic heterocycles.